The van der Waals surface area contributed by atoms with Crippen molar-refractivity contribution < 1.29 is 4.79 Å². The van der Waals surface area contributed by atoms with E-state index >= 15 is 0 Å². The van der Waals surface area contributed by atoms with Crippen molar-refractivity contribution in [3.63, 3.8) is 0 Å². The Morgan fingerprint density at radius 2 is 2.16 bits per heavy atom. The Kier molecular flexibility index (Phi) is 5.56. The summed E-state index contributed by atoms with van der Waals surface area (Å²) >= 11 is 6.24. The van der Waals surface area contributed by atoms with Gasteiger partial charge in [0.1, 0.15) is 0 Å². The minimum Gasteiger partial charge on any atom is -0.348 e. The number of nitrogens with one attached hydrogen (secondary N) is 2. The maximum absolute atomic E-state index is 12.6. The molecule has 0 spiro atoms. The maximum atomic E-state index is 12.6. The number of nitrogens with zero attached hydrogens (tertiary/aromatic N) is 2. The minimum atomic E-state index is -0.0696. The van der Waals surface area contributed by atoms with Gasteiger partial charge in [0.15, 0.2) is 0 Å². The SMILES string of the molecule is Cc1nn(Cc2ccccc2Cl)c(C)c1C(=O)NCC1=CCNCC1. The molecule has 1 aliphatic heterocycles. The lowest BCUT2D eigenvalue weighted by atomic mass is 10.1. The molecule has 6 heteroatoms. The van der Waals surface area contributed by atoms with Crippen molar-refractivity contribution >= 4 is 17.5 Å². The van der Waals surface area contributed by atoms with E-state index in [9.17, 15) is 4.79 Å². The summed E-state index contributed by atoms with van der Waals surface area (Å²) in [5.41, 5.74) is 4.50. The molecule has 0 fully saturated rings. The summed E-state index contributed by atoms with van der Waals surface area (Å²) in [4.78, 5) is 12.6. The zero-order chi connectivity index (χ0) is 17.8. The molecular weight excluding hydrogens is 336 g/mol. The molecule has 1 aliphatic rings. The number of aromatic nitrogens is 2. The number of carbonyl (C=O) groups is 1. The van der Waals surface area contributed by atoms with Crippen LogP contribution in [0.4, 0.5) is 0 Å². The van der Waals surface area contributed by atoms with E-state index in [0.29, 0.717) is 23.7 Å². The van der Waals surface area contributed by atoms with Gasteiger partial charge in [-0.25, -0.2) is 0 Å². The fourth-order valence-electron chi connectivity index (χ4n) is 3.08. The fourth-order valence-corrected chi connectivity index (χ4v) is 3.28. The van der Waals surface area contributed by atoms with Gasteiger partial charge in [0.25, 0.3) is 5.91 Å². The molecule has 0 unspecified atom stereocenters. The first-order valence-corrected chi connectivity index (χ1v) is 8.88. The third-order valence-electron chi connectivity index (χ3n) is 4.52. The van der Waals surface area contributed by atoms with E-state index in [4.69, 9.17) is 11.6 Å². The van der Waals surface area contributed by atoms with Crippen molar-refractivity contribution in [2.24, 2.45) is 0 Å². The van der Waals surface area contributed by atoms with Crippen LogP contribution in [0.1, 0.15) is 33.7 Å². The van der Waals surface area contributed by atoms with Gasteiger partial charge in [0, 0.05) is 23.8 Å². The number of aryl methyl sites for hydroxylation is 1. The van der Waals surface area contributed by atoms with Gasteiger partial charge >= 0.3 is 0 Å². The second-order valence-electron chi connectivity index (χ2n) is 6.29. The van der Waals surface area contributed by atoms with Gasteiger partial charge in [-0.15, -0.1) is 0 Å². The van der Waals surface area contributed by atoms with E-state index in [2.05, 4.69) is 21.8 Å². The number of halogens is 1. The molecule has 0 bridgehead atoms. The normalized spacial score (nSPS) is 14.3. The molecule has 1 aromatic carbocycles. The molecular formula is C19H23ClN4O. The Bertz CT molecular complexity index is 810. The fraction of sp³-hybridized carbons (Fsp3) is 0.368. The largest absolute Gasteiger partial charge is 0.348 e. The van der Waals surface area contributed by atoms with Crippen LogP contribution in [0.25, 0.3) is 0 Å². The predicted molar refractivity (Wildman–Crippen MR) is 100 cm³/mol. The Balaban J connectivity index is 1.73. The Morgan fingerprint density at radius 1 is 1.36 bits per heavy atom. The molecule has 2 heterocycles. The van der Waals surface area contributed by atoms with Crippen molar-refractivity contribution in [3.05, 3.63) is 63.5 Å². The van der Waals surface area contributed by atoms with E-state index in [1.807, 2.05) is 42.8 Å². The van der Waals surface area contributed by atoms with Gasteiger partial charge in [-0.05, 0) is 38.4 Å². The van der Waals surface area contributed by atoms with Crippen molar-refractivity contribution in [2.75, 3.05) is 19.6 Å². The lowest BCUT2D eigenvalue weighted by Crippen LogP contribution is -2.30. The van der Waals surface area contributed by atoms with Crippen LogP contribution < -0.4 is 10.6 Å². The van der Waals surface area contributed by atoms with Crippen LogP contribution in [0.3, 0.4) is 0 Å². The first-order valence-electron chi connectivity index (χ1n) is 8.50. The first kappa shape index (κ1) is 17.7. The standard InChI is InChI=1S/C19H23ClN4O/c1-13-18(19(25)22-11-15-7-9-21-10-8-15)14(2)24(23-13)12-16-5-3-4-6-17(16)20/h3-7,21H,8-12H2,1-2H3,(H,22,25). The predicted octanol–water partition coefficient (Wildman–Crippen LogP) is 2.85. The van der Waals surface area contributed by atoms with Gasteiger partial charge in [0.2, 0.25) is 0 Å². The van der Waals surface area contributed by atoms with Gasteiger partial charge in [-0.2, -0.15) is 5.10 Å². The molecule has 0 saturated carbocycles. The van der Waals surface area contributed by atoms with Gasteiger partial charge in [-0.1, -0.05) is 41.4 Å². The summed E-state index contributed by atoms with van der Waals surface area (Å²) in [7, 11) is 0. The molecule has 2 aromatic rings. The smallest absolute Gasteiger partial charge is 0.255 e. The van der Waals surface area contributed by atoms with Crippen LogP contribution in [-0.2, 0) is 6.54 Å². The minimum absolute atomic E-state index is 0.0696. The summed E-state index contributed by atoms with van der Waals surface area (Å²) in [6.07, 6.45) is 3.12. The quantitative estimate of drug-likeness (QED) is 0.808. The maximum Gasteiger partial charge on any atom is 0.255 e. The van der Waals surface area contributed by atoms with Crippen LogP contribution in [0.5, 0.6) is 0 Å². The monoisotopic (exact) mass is 358 g/mol. The van der Waals surface area contributed by atoms with E-state index in [0.717, 1.165) is 36.5 Å². The highest BCUT2D eigenvalue weighted by molar-refractivity contribution is 6.31. The molecule has 0 radical (unpaired) electrons. The average molecular weight is 359 g/mol. The lowest BCUT2D eigenvalue weighted by Gasteiger charge is -2.14. The molecule has 0 saturated heterocycles. The van der Waals surface area contributed by atoms with Gasteiger partial charge in [-0.3, -0.25) is 9.48 Å². The molecule has 132 valence electrons. The van der Waals surface area contributed by atoms with Crippen LogP contribution in [-0.4, -0.2) is 35.3 Å². The Hall–Kier alpha value is -2.11. The Morgan fingerprint density at radius 3 is 2.88 bits per heavy atom. The van der Waals surface area contributed by atoms with E-state index in [-0.39, 0.29) is 5.91 Å². The zero-order valence-electron chi connectivity index (χ0n) is 14.6. The van der Waals surface area contributed by atoms with Crippen LogP contribution in [0.15, 0.2) is 35.9 Å². The van der Waals surface area contributed by atoms with Crippen molar-refractivity contribution in [1.29, 1.82) is 0 Å². The molecule has 0 atom stereocenters. The summed E-state index contributed by atoms with van der Waals surface area (Å²) in [5, 5.41) is 11.5. The summed E-state index contributed by atoms with van der Waals surface area (Å²) in [5.74, 6) is -0.0696. The van der Waals surface area contributed by atoms with E-state index in [1.165, 1.54) is 5.57 Å². The number of hydrogen-bond acceptors (Lipinski definition) is 3. The van der Waals surface area contributed by atoms with Crippen LogP contribution in [0, 0.1) is 13.8 Å². The average Bonchev–Trinajstić information content (AvgIpc) is 2.89. The third-order valence-corrected chi connectivity index (χ3v) is 4.89. The van der Waals surface area contributed by atoms with Crippen molar-refractivity contribution in [3.8, 4) is 0 Å². The molecule has 5 nitrogen and oxygen atoms in total. The van der Waals surface area contributed by atoms with Gasteiger partial charge in [0.05, 0.1) is 17.8 Å². The lowest BCUT2D eigenvalue weighted by molar-refractivity contribution is 0.0955. The van der Waals surface area contributed by atoms with Gasteiger partial charge < -0.3 is 10.6 Å². The number of hydrogen-bond donors (Lipinski definition) is 2. The topological polar surface area (TPSA) is 59.0 Å². The molecule has 25 heavy (non-hydrogen) atoms. The Labute approximate surface area is 153 Å². The summed E-state index contributed by atoms with van der Waals surface area (Å²) in [6.45, 7) is 6.78. The van der Waals surface area contributed by atoms with Crippen molar-refractivity contribution in [2.45, 2.75) is 26.8 Å². The third kappa shape index (κ3) is 4.11. The first-order chi connectivity index (χ1) is 12.1. The molecule has 2 N–H and O–H groups in total. The number of rotatable bonds is 5. The second kappa shape index (κ2) is 7.85. The highest BCUT2D eigenvalue weighted by Gasteiger charge is 2.19. The van der Waals surface area contributed by atoms with Crippen LogP contribution in [0.2, 0.25) is 5.02 Å². The zero-order valence-corrected chi connectivity index (χ0v) is 15.4. The molecule has 3 rings (SSSR count). The molecule has 1 amide bonds. The number of amides is 1. The summed E-state index contributed by atoms with van der Waals surface area (Å²) < 4.78 is 1.84. The number of carbonyl (C=O) groups excluding carboxylic acids is 1. The highest BCUT2D eigenvalue weighted by atomic mass is 35.5. The highest BCUT2D eigenvalue weighted by Crippen LogP contribution is 2.19. The number of benzene rings is 1. The van der Waals surface area contributed by atoms with E-state index < -0.39 is 0 Å². The summed E-state index contributed by atoms with van der Waals surface area (Å²) in [6, 6.07) is 7.69. The molecule has 1 aromatic heterocycles. The van der Waals surface area contributed by atoms with Crippen LogP contribution >= 0.6 is 11.6 Å². The van der Waals surface area contributed by atoms with E-state index in [1.54, 1.807) is 0 Å². The molecule has 0 aliphatic carbocycles. The van der Waals surface area contributed by atoms with Crippen molar-refractivity contribution in [1.82, 2.24) is 20.4 Å². The second-order valence-corrected chi connectivity index (χ2v) is 6.70.